The van der Waals surface area contributed by atoms with E-state index in [9.17, 15) is 18.0 Å². The molecule has 2 aromatic rings. The molecule has 2 N–H and O–H groups in total. The fourth-order valence-electron chi connectivity index (χ4n) is 4.11. The number of halogens is 3. The van der Waals surface area contributed by atoms with Gasteiger partial charge in [0.25, 0.3) is 0 Å². The highest BCUT2D eigenvalue weighted by molar-refractivity contribution is 7.07. The first-order chi connectivity index (χ1) is 13.4. The minimum Gasteiger partial charge on any atom is -0.443 e. The lowest BCUT2D eigenvalue weighted by molar-refractivity contribution is -0.141. The van der Waals surface area contributed by atoms with Crippen LogP contribution >= 0.6 is 11.3 Å². The largest absolute Gasteiger partial charge is 0.443 e. The molecule has 2 aliphatic rings. The van der Waals surface area contributed by atoms with Gasteiger partial charge in [0, 0.05) is 11.4 Å². The summed E-state index contributed by atoms with van der Waals surface area (Å²) in [6, 6.07) is 3.69. The molecule has 1 amide bonds. The Bertz CT molecular complexity index is 830. The molecule has 2 aromatic heterocycles. The smallest absolute Gasteiger partial charge is 0.433 e. The lowest BCUT2D eigenvalue weighted by atomic mass is 9.92. The van der Waals surface area contributed by atoms with Crippen molar-refractivity contribution >= 4 is 17.4 Å². The lowest BCUT2D eigenvalue weighted by Gasteiger charge is -2.20. The fourth-order valence-corrected chi connectivity index (χ4v) is 4.65. The van der Waals surface area contributed by atoms with Crippen LogP contribution in [-0.2, 0) is 17.5 Å². The van der Waals surface area contributed by atoms with Crippen molar-refractivity contribution in [3.8, 4) is 0 Å². The van der Waals surface area contributed by atoms with Gasteiger partial charge in [-0.05, 0) is 43.4 Å². The summed E-state index contributed by atoms with van der Waals surface area (Å²) < 4.78 is 44.0. The van der Waals surface area contributed by atoms with Crippen molar-refractivity contribution in [1.29, 1.82) is 0 Å². The van der Waals surface area contributed by atoms with Crippen molar-refractivity contribution in [2.24, 2.45) is 11.8 Å². The number of pyridine rings is 1. The highest BCUT2D eigenvalue weighted by Crippen LogP contribution is 2.44. The summed E-state index contributed by atoms with van der Waals surface area (Å²) >= 11 is 1.43. The van der Waals surface area contributed by atoms with Crippen LogP contribution in [-0.4, -0.2) is 28.6 Å². The molecule has 0 aromatic carbocycles. The molecule has 1 saturated carbocycles. The van der Waals surface area contributed by atoms with E-state index < -0.39 is 18.0 Å². The van der Waals surface area contributed by atoms with Crippen LogP contribution in [0, 0.1) is 11.8 Å². The van der Waals surface area contributed by atoms with Gasteiger partial charge in [-0.2, -0.15) is 13.2 Å². The fraction of sp³-hybridized carbons (Fsp3) is 0.500. The number of alkyl carbamates (subject to hydrolysis) is 1. The molecule has 10 heteroatoms. The maximum atomic E-state index is 13.0. The first-order valence-electron chi connectivity index (χ1n) is 8.98. The van der Waals surface area contributed by atoms with Gasteiger partial charge < -0.3 is 15.4 Å². The Balaban J connectivity index is 1.36. The highest BCUT2D eigenvalue weighted by Gasteiger charge is 2.45. The third-order valence-corrected chi connectivity index (χ3v) is 5.95. The van der Waals surface area contributed by atoms with Crippen molar-refractivity contribution < 1.29 is 22.7 Å². The molecule has 4 atom stereocenters. The molecule has 0 radical (unpaired) electrons. The molecule has 3 heterocycles. The van der Waals surface area contributed by atoms with Crippen molar-refractivity contribution in [2.75, 3.05) is 6.54 Å². The van der Waals surface area contributed by atoms with Crippen LogP contribution in [0.2, 0.25) is 0 Å². The first kappa shape index (κ1) is 19.1. The number of carbonyl (C=O) groups is 1. The van der Waals surface area contributed by atoms with Crippen LogP contribution in [0.15, 0.2) is 29.1 Å². The van der Waals surface area contributed by atoms with E-state index in [0.29, 0.717) is 24.4 Å². The van der Waals surface area contributed by atoms with Crippen molar-refractivity contribution in [2.45, 2.75) is 37.7 Å². The van der Waals surface area contributed by atoms with Gasteiger partial charge in [0.2, 0.25) is 0 Å². The number of hydrogen-bond acceptors (Lipinski definition) is 6. The van der Waals surface area contributed by atoms with E-state index in [-0.39, 0.29) is 30.5 Å². The number of fused-ring (bicyclic) bond motifs is 1. The summed E-state index contributed by atoms with van der Waals surface area (Å²) in [6.07, 6.45) is -3.53. The van der Waals surface area contributed by atoms with Crippen LogP contribution in [0.1, 0.15) is 36.0 Å². The molecule has 4 rings (SSSR count). The Morgan fingerprint density at radius 1 is 1.36 bits per heavy atom. The standard InChI is InChI=1S/C18H19F3N4O2S/c19-18(20,21)15-3-1-2-14(25-15)16-13-5-11(4-10(13)6-22-16)24-17(26)27-7-12-8-28-9-23-12/h1-3,8-11,13,16,22H,4-7H2,(H,24,26)/t10-,11+,13+,16+/m1/s1. The van der Waals surface area contributed by atoms with E-state index in [1.807, 2.05) is 5.38 Å². The molecule has 150 valence electrons. The lowest BCUT2D eigenvalue weighted by Crippen LogP contribution is -2.35. The number of aromatic nitrogens is 2. The molecule has 0 spiro atoms. The average molecular weight is 412 g/mol. The third-order valence-electron chi connectivity index (χ3n) is 5.31. The van der Waals surface area contributed by atoms with Gasteiger partial charge >= 0.3 is 12.3 Å². The first-order valence-corrected chi connectivity index (χ1v) is 9.92. The maximum Gasteiger partial charge on any atom is 0.433 e. The molecule has 6 nitrogen and oxygen atoms in total. The maximum absolute atomic E-state index is 13.0. The zero-order valence-electron chi connectivity index (χ0n) is 14.8. The minimum atomic E-state index is -4.46. The van der Waals surface area contributed by atoms with Crippen molar-refractivity contribution in [3.63, 3.8) is 0 Å². The summed E-state index contributed by atoms with van der Waals surface area (Å²) in [5, 5.41) is 7.97. The normalized spacial score (nSPS) is 26.8. The van der Waals surface area contributed by atoms with Crippen molar-refractivity contribution in [1.82, 2.24) is 20.6 Å². The van der Waals surface area contributed by atoms with E-state index in [1.54, 1.807) is 11.6 Å². The van der Waals surface area contributed by atoms with E-state index in [2.05, 4.69) is 20.6 Å². The average Bonchev–Trinajstić information content (AvgIpc) is 3.36. The van der Waals surface area contributed by atoms with Gasteiger partial charge in [-0.1, -0.05) is 6.07 Å². The summed E-state index contributed by atoms with van der Waals surface area (Å²) in [6.45, 7) is 0.812. The quantitative estimate of drug-likeness (QED) is 0.804. The van der Waals surface area contributed by atoms with E-state index in [1.165, 1.54) is 17.4 Å². The number of carbonyl (C=O) groups excluding carboxylic acids is 1. The van der Waals surface area contributed by atoms with Crippen LogP contribution < -0.4 is 10.6 Å². The van der Waals surface area contributed by atoms with Gasteiger partial charge in [0.1, 0.15) is 12.3 Å². The number of nitrogens with one attached hydrogen (secondary N) is 2. The molecule has 1 aliphatic carbocycles. The Morgan fingerprint density at radius 2 is 2.21 bits per heavy atom. The SMILES string of the molecule is O=C(N[C@H]1C[C@@H]2CN[C@H](c3cccc(C(F)(F)F)n3)[C@H]2C1)OCc1cscn1. The Hall–Kier alpha value is -2.20. The number of rotatable bonds is 4. The number of ether oxygens (including phenoxy) is 1. The van der Waals surface area contributed by atoms with Gasteiger partial charge in [-0.3, -0.25) is 0 Å². The number of amides is 1. The number of nitrogens with zero attached hydrogens (tertiary/aromatic N) is 2. The summed E-state index contributed by atoms with van der Waals surface area (Å²) in [5.74, 6) is 0.407. The summed E-state index contributed by atoms with van der Waals surface area (Å²) in [5.41, 5.74) is 1.88. The number of hydrogen-bond donors (Lipinski definition) is 2. The molecular weight excluding hydrogens is 393 g/mol. The van der Waals surface area contributed by atoms with Crippen LogP contribution in [0.3, 0.4) is 0 Å². The monoisotopic (exact) mass is 412 g/mol. The Morgan fingerprint density at radius 3 is 2.96 bits per heavy atom. The number of alkyl halides is 3. The van der Waals surface area contributed by atoms with Crippen molar-refractivity contribution in [3.05, 3.63) is 46.2 Å². The highest BCUT2D eigenvalue weighted by atomic mass is 32.1. The van der Waals surface area contributed by atoms with Gasteiger partial charge in [-0.15, -0.1) is 11.3 Å². The van der Waals surface area contributed by atoms with Crippen LogP contribution in [0.25, 0.3) is 0 Å². The molecule has 0 bridgehead atoms. The van der Waals surface area contributed by atoms with Gasteiger partial charge in [0.15, 0.2) is 0 Å². The van der Waals surface area contributed by atoms with E-state index >= 15 is 0 Å². The molecular formula is C18H19F3N4O2S. The molecule has 0 unspecified atom stereocenters. The summed E-state index contributed by atoms with van der Waals surface area (Å²) in [7, 11) is 0. The third kappa shape index (κ3) is 4.12. The second-order valence-electron chi connectivity index (χ2n) is 7.12. The molecule has 1 aliphatic heterocycles. The topological polar surface area (TPSA) is 76.1 Å². The second-order valence-corrected chi connectivity index (χ2v) is 7.84. The molecule has 2 fully saturated rings. The van der Waals surface area contributed by atoms with Crippen LogP contribution in [0.4, 0.5) is 18.0 Å². The Labute approximate surface area is 163 Å². The van der Waals surface area contributed by atoms with E-state index in [0.717, 1.165) is 12.5 Å². The predicted molar refractivity (Wildman–Crippen MR) is 95.4 cm³/mol. The number of thiazole rings is 1. The molecule has 28 heavy (non-hydrogen) atoms. The minimum absolute atomic E-state index is 0.0617. The predicted octanol–water partition coefficient (Wildman–Crippen LogP) is 3.52. The summed E-state index contributed by atoms with van der Waals surface area (Å²) in [4.78, 5) is 19.9. The molecule has 1 saturated heterocycles. The zero-order chi connectivity index (χ0) is 19.7. The van der Waals surface area contributed by atoms with E-state index in [4.69, 9.17) is 4.74 Å². The Kier molecular flexibility index (Phi) is 5.24. The van der Waals surface area contributed by atoms with Gasteiger partial charge in [0.05, 0.1) is 22.9 Å². The second kappa shape index (κ2) is 7.67. The van der Waals surface area contributed by atoms with Gasteiger partial charge in [-0.25, -0.2) is 14.8 Å². The van der Waals surface area contributed by atoms with Crippen LogP contribution in [0.5, 0.6) is 0 Å². The zero-order valence-corrected chi connectivity index (χ0v) is 15.6.